The summed E-state index contributed by atoms with van der Waals surface area (Å²) in [6.07, 6.45) is 1.67. The molecule has 1 aromatic carbocycles. The van der Waals surface area contributed by atoms with E-state index in [1.807, 2.05) is 18.2 Å². The van der Waals surface area contributed by atoms with Crippen molar-refractivity contribution in [2.45, 2.75) is 19.5 Å². The minimum absolute atomic E-state index is 0.138. The van der Waals surface area contributed by atoms with Crippen LogP contribution in [0.1, 0.15) is 23.5 Å². The Bertz CT molecular complexity index is 574. The Morgan fingerprint density at radius 1 is 1.35 bits per heavy atom. The monoisotopic (exact) mass is 312 g/mol. The standard InChI is InChI=1S/C14H17ClN2O2S/c1-9(16-8-14-17-7-13(15)20-14)11-5-4-10(18-2)6-12(11)19-3/h4-7,9,16H,8H2,1-3H3. The van der Waals surface area contributed by atoms with Crippen LogP contribution in [-0.2, 0) is 6.54 Å². The first-order valence-corrected chi connectivity index (χ1v) is 7.39. The van der Waals surface area contributed by atoms with Gasteiger partial charge in [-0.2, -0.15) is 0 Å². The van der Waals surface area contributed by atoms with Gasteiger partial charge in [-0.25, -0.2) is 4.98 Å². The molecule has 1 atom stereocenters. The van der Waals surface area contributed by atoms with E-state index < -0.39 is 0 Å². The van der Waals surface area contributed by atoms with Crippen LogP contribution in [0.2, 0.25) is 4.34 Å². The van der Waals surface area contributed by atoms with Crippen LogP contribution >= 0.6 is 22.9 Å². The largest absolute Gasteiger partial charge is 0.497 e. The Labute approximate surface area is 127 Å². The molecule has 6 heteroatoms. The Balaban J connectivity index is 2.06. The van der Waals surface area contributed by atoms with Crippen molar-refractivity contribution in [2.75, 3.05) is 14.2 Å². The van der Waals surface area contributed by atoms with Crippen LogP contribution in [0.15, 0.2) is 24.4 Å². The third-order valence-corrected chi connectivity index (χ3v) is 4.11. The molecule has 0 aliphatic rings. The molecule has 20 heavy (non-hydrogen) atoms. The fourth-order valence-electron chi connectivity index (χ4n) is 1.90. The maximum absolute atomic E-state index is 5.87. The quantitative estimate of drug-likeness (QED) is 0.884. The number of methoxy groups -OCH3 is 2. The molecule has 4 nitrogen and oxygen atoms in total. The number of halogens is 1. The molecule has 0 radical (unpaired) electrons. The molecule has 0 spiro atoms. The summed E-state index contributed by atoms with van der Waals surface area (Å²) >= 11 is 7.35. The minimum atomic E-state index is 0.138. The number of thiazole rings is 1. The molecular weight excluding hydrogens is 296 g/mol. The molecule has 0 aliphatic heterocycles. The summed E-state index contributed by atoms with van der Waals surface area (Å²) in [5.41, 5.74) is 1.08. The van der Waals surface area contributed by atoms with Crippen molar-refractivity contribution in [1.82, 2.24) is 10.3 Å². The first-order chi connectivity index (χ1) is 9.63. The van der Waals surface area contributed by atoms with Crippen LogP contribution in [-0.4, -0.2) is 19.2 Å². The van der Waals surface area contributed by atoms with Crippen molar-refractivity contribution in [2.24, 2.45) is 0 Å². The van der Waals surface area contributed by atoms with E-state index in [2.05, 4.69) is 17.2 Å². The zero-order chi connectivity index (χ0) is 14.5. The Morgan fingerprint density at radius 3 is 2.75 bits per heavy atom. The summed E-state index contributed by atoms with van der Waals surface area (Å²) in [6, 6.07) is 5.95. The number of hydrogen-bond donors (Lipinski definition) is 1. The number of hydrogen-bond acceptors (Lipinski definition) is 5. The summed E-state index contributed by atoms with van der Waals surface area (Å²) < 4.78 is 11.3. The summed E-state index contributed by atoms with van der Waals surface area (Å²) in [5, 5.41) is 4.38. The van der Waals surface area contributed by atoms with E-state index in [0.717, 1.165) is 22.1 Å². The summed E-state index contributed by atoms with van der Waals surface area (Å²) in [4.78, 5) is 4.22. The lowest BCUT2D eigenvalue weighted by molar-refractivity contribution is 0.385. The van der Waals surface area contributed by atoms with Crippen LogP contribution in [0.3, 0.4) is 0 Å². The average Bonchev–Trinajstić information content (AvgIpc) is 2.89. The molecule has 1 N–H and O–H groups in total. The predicted molar refractivity (Wildman–Crippen MR) is 81.9 cm³/mol. The highest BCUT2D eigenvalue weighted by Gasteiger charge is 2.12. The highest BCUT2D eigenvalue weighted by Crippen LogP contribution is 2.29. The first kappa shape index (κ1) is 15.1. The molecule has 0 bridgehead atoms. The summed E-state index contributed by atoms with van der Waals surface area (Å²) in [6.45, 7) is 2.76. The molecule has 0 saturated heterocycles. The molecule has 1 aromatic heterocycles. The lowest BCUT2D eigenvalue weighted by Gasteiger charge is -2.17. The van der Waals surface area contributed by atoms with Gasteiger partial charge in [0.05, 0.1) is 20.4 Å². The molecule has 1 heterocycles. The Kier molecular flexibility index (Phi) is 5.23. The van der Waals surface area contributed by atoms with E-state index in [9.17, 15) is 0 Å². The number of nitrogens with zero attached hydrogens (tertiary/aromatic N) is 1. The number of benzene rings is 1. The lowest BCUT2D eigenvalue weighted by Crippen LogP contribution is -2.18. The van der Waals surface area contributed by atoms with Gasteiger partial charge in [0, 0.05) is 24.2 Å². The van der Waals surface area contributed by atoms with Crippen LogP contribution in [0, 0.1) is 0 Å². The van der Waals surface area contributed by atoms with E-state index >= 15 is 0 Å². The van der Waals surface area contributed by atoms with Gasteiger partial charge in [-0.3, -0.25) is 0 Å². The molecule has 0 amide bonds. The maximum atomic E-state index is 5.87. The first-order valence-electron chi connectivity index (χ1n) is 6.19. The highest BCUT2D eigenvalue weighted by molar-refractivity contribution is 7.15. The maximum Gasteiger partial charge on any atom is 0.127 e. The van der Waals surface area contributed by atoms with Gasteiger partial charge in [-0.05, 0) is 13.0 Å². The zero-order valence-electron chi connectivity index (χ0n) is 11.6. The number of rotatable bonds is 6. The molecule has 2 aromatic rings. The van der Waals surface area contributed by atoms with Crippen LogP contribution in [0.5, 0.6) is 11.5 Å². The molecule has 0 aliphatic carbocycles. The smallest absolute Gasteiger partial charge is 0.127 e. The molecule has 0 saturated carbocycles. The average molecular weight is 313 g/mol. The summed E-state index contributed by atoms with van der Waals surface area (Å²) in [7, 11) is 3.30. The van der Waals surface area contributed by atoms with Crippen molar-refractivity contribution >= 4 is 22.9 Å². The Morgan fingerprint density at radius 2 is 2.15 bits per heavy atom. The van der Waals surface area contributed by atoms with E-state index in [-0.39, 0.29) is 6.04 Å². The molecule has 2 rings (SSSR count). The molecule has 1 unspecified atom stereocenters. The number of nitrogens with one attached hydrogen (secondary N) is 1. The van der Waals surface area contributed by atoms with Gasteiger partial charge in [0.2, 0.25) is 0 Å². The normalized spacial score (nSPS) is 12.2. The van der Waals surface area contributed by atoms with Gasteiger partial charge in [-0.15, -0.1) is 11.3 Å². The summed E-state index contributed by atoms with van der Waals surface area (Å²) in [5.74, 6) is 1.59. The van der Waals surface area contributed by atoms with Crippen LogP contribution in [0.4, 0.5) is 0 Å². The second-order valence-electron chi connectivity index (χ2n) is 4.27. The van der Waals surface area contributed by atoms with Crippen LogP contribution in [0.25, 0.3) is 0 Å². The second-order valence-corrected chi connectivity index (χ2v) is 6.02. The van der Waals surface area contributed by atoms with E-state index in [0.29, 0.717) is 10.9 Å². The third kappa shape index (κ3) is 3.62. The van der Waals surface area contributed by atoms with E-state index in [4.69, 9.17) is 21.1 Å². The van der Waals surface area contributed by atoms with Crippen molar-refractivity contribution in [1.29, 1.82) is 0 Å². The Hall–Kier alpha value is -1.30. The van der Waals surface area contributed by atoms with Gasteiger partial charge in [0.15, 0.2) is 0 Å². The number of ether oxygens (including phenoxy) is 2. The van der Waals surface area contributed by atoms with Gasteiger partial charge < -0.3 is 14.8 Å². The minimum Gasteiger partial charge on any atom is -0.497 e. The van der Waals surface area contributed by atoms with E-state index in [1.54, 1.807) is 20.4 Å². The molecular formula is C14H17ClN2O2S. The predicted octanol–water partition coefficient (Wildman–Crippen LogP) is 3.66. The van der Waals surface area contributed by atoms with Gasteiger partial charge >= 0.3 is 0 Å². The van der Waals surface area contributed by atoms with Gasteiger partial charge in [0.1, 0.15) is 20.8 Å². The third-order valence-electron chi connectivity index (χ3n) is 2.99. The van der Waals surface area contributed by atoms with Crippen LogP contribution < -0.4 is 14.8 Å². The fourth-order valence-corrected chi connectivity index (χ4v) is 2.80. The fraction of sp³-hybridized carbons (Fsp3) is 0.357. The molecule has 0 fully saturated rings. The second kappa shape index (κ2) is 6.92. The topological polar surface area (TPSA) is 43.4 Å². The van der Waals surface area contributed by atoms with E-state index in [1.165, 1.54) is 11.3 Å². The lowest BCUT2D eigenvalue weighted by atomic mass is 10.1. The van der Waals surface area contributed by atoms with Crippen molar-refractivity contribution < 1.29 is 9.47 Å². The van der Waals surface area contributed by atoms with Crippen molar-refractivity contribution in [3.05, 3.63) is 39.3 Å². The van der Waals surface area contributed by atoms with Crippen molar-refractivity contribution in [3.8, 4) is 11.5 Å². The van der Waals surface area contributed by atoms with Gasteiger partial charge in [0.25, 0.3) is 0 Å². The SMILES string of the molecule is COc1ccc(C(C)NCc2ncc(Cl)s2)c(OC)c1. The molecule has 108 valence electrons. The highest BCUT2D eigenvalue weighted by atomic mass is 35.5. The number of aromatic nitrogens is 1. The van der Waals surface area contributed by atoms with Crippen molar-refractivity contribution in [3.63, 3.8) is 0 Å². The zero-order valence-corrected chi connectivity index (χ0v) is 13.2. The van der Waals surface area contributed by atoms with Gasteiger partial charge in [-0.1, -0.05) is 17.7 Å².